The fraction of sp³-hybridized carbons (Fsp3) is 0.500. The van der Waals surface area contributed by atoms with Crippen LogP contribution < -0.4 is 5.32 Å². The van der Waals surface area contributed by atoms with Crippen LogP contribution in [0.15, 0.2) is 24.3 Å². The highest BCUT2D eigenvalue weighted by molar-refractivity contribution is 5.27. The first-order valence-corrected chi connectivity index (χ1v) is 5.11. The molecule has 0 spiro atoms. The molecule has 0 heterocycles. The Bertz CT molecular complexity index is 293. The Hall–Kier alpha value is -0.960. The second-order valence-corrected chi connectivity index (χ2v) is 3.92. The fourth-order valence-corrected chi connectivity index (χ4v) is 1.53. The van der Waals surface area contributed by atoms with Crippen molar-refractivity contribution in [3.8, 4) is 0 Å². The lowest BCUT2D eigenvalue weighted by Gasteiger charge is -2.16. The smallest absolute Gasteiger partial charge is 0.257 e. The van der Waals surface area contributed by atoms with Gasteiger partial charge in [0.1, 0.15) is 0 Å². The summed E-state index contributed by atoms with van der Waals surface area (Å²) in [5.41, 5.74) is 1.81. The predicted molar refractivity (Wildman–Crippen MR) is 58.3 cm³/mol. The summed E-state index contributed by atoms with van der Waals surface area (Å²) in [7, 11) is 1.55. The maximum Gasteiger partial charge on any atom is 0.257 e. The number of rotatable bonds is 4. The van der Waals surface area contributed by atoms with Crippen LogP contribution in [0.5, 0.6) is 0 Å². The van der Waals surface area contributed by atoms with Crippen molar-refractivity contribution in [1.82, 2.24) is 5.32 Å². The SMILES string of the molecule is CNC(c1ccc(C(C)C)cc1)C(F)F. The van der Waals surface area contributed by atoms with E-state index < -0.39 is 12.5 Å². The van der Waals surface area contributed by atoms with E-state index in [2.05, 4.69) is 19.2 Å². The quantitative estimate of drug-likeness (QED) is 0.808. The lowest BCUT2D eigenvalue weighted by Crippen LogP contribution is -2.23. The summed E-state index contributed by atoms with van der Waals surface area (Å²) in [6.45, 7) is 4.16. The average Bonchev–Trinajstić information content (AvgIpc) is 2.19. The van der Waals surface area contributed by atoms with Crippen molar-refractivity contribution in [2.45, 2.75) is 32.2 Å². The normalized spacial score (nSPS) is 13.5. The molecule has 0 aromatic heterocycles. The zero-order valence-corrected chi connectivity index (χ0v) is 9.30. The molecule has 1 aromatic carbocycles. The van der Waals surface area contributed by atoms with Crippen molar-refractivity contribution in [1.29, 1.82) is 0 Å². The standard InChI is InChI=1S/C12H17F2N/c1-8(2)9-4-6-10(7-5-9)11(15-3)12(13)14/h4-8,11-12,15H,1-3H3. The van der Waals surface area contributed by atoms with Crippen molar-refractivity contribution in [3.05, 3.63) is 35.4 Å². The van der Waals surface area contributed by atoms with Gasteiger partial charge in [0, 0.05) is 0 Å². The number of halogens is 2. The molecule has 0 radical (unpaired) electrons. The van der Waals surface area contributed by atoms with Crippen molar-refractivity contribution >= 4 is 0 Å². The molecule has 1 rings (SSSR count). The van der Waals surface area contributed by atoms with Gasteiger partial charge in [-0.2, -0.15) is 0 Å². The third-order valence-electron chi connectivity index (χ3n) is 2.53. The molecule has 3 heteroatoms. The molecule has 0 saturated heterocycles. The van der Waals surface area contributed by atoms with E-state index >= 15 is 0 Å². The topological polar surface area (TPSA) is 12.0 Å². The Balaban J connectivity index is 2.87. The molecule has 0 fully saturated rings. The van der Waals surface area contributed by atoms with Gasteiger partial charge in [-0.15, -0.1) is 0 Å². The number of hydrogen-bond acceptors (Lipinski definition) is 1. The number of nitrogens with one attached hydrogen (secondary N) is 1. The average molecular weight is 213 g/mol. The van der Waals surface area contributed by atoms with Crippen LogP contribution in [0, 0.1) is 0 Å². The molecule has 15 heavy (non-hydrogen) atoms. The molecule has 1 aromatic rings. The number of benzene rings is 1. The van der Waals surface area contributed by atoms with Crippen LogP contribution in [0.25, 0.3) is 0 Å². The highest BCUT2D eigenvalue weighted by Gasteiger charge is 2.19. The first kappa shape index (κ1) is 12.1. The van der Waals surface area contributed by atoms with Crippen LogP contribution in [-0.2, 0) is 0 Å². The van der Waals surface area contributed by atoms with E-state index in [1.165, 1.54) is 5.56 Å². The molecule has 1 N–H and O–H groups in total. The van der Waals surface area contributed by atoms with Crippen LogP contribution in [0.4, 0.5) is 8.78 Å². The Morgan fingerprint density at radius 2 is 1.47 bits per heavy atom. The summed E-state index contributed by atoms with van der Waals surface area (Å²) in [4.78, 5) is 0. The Kier molecular flexibility index (Phi) is 4.21. The number of hydrogen-bond donors (Lipinski definition) is 1. The first-order chi connectivity index (χ1) is 7.06. The van der Waals surface area contributed by atoms with E-state index in [1.807, 2.05) is 12.1 Å². The molecule has 0 bridgehead atoms. The van der Waals surface area contributed by atoms with Gasteiger partial charge in [0.2, 0.25) is 0 Å². The summed E-state index contributed by atoms with van der Waals surface area (Å²) in [6, 6.07) is 6.48. The van der Waals surface area contributed by atoms with E-state index in [-0.39, 0.29) is 0 Å². The van der Waals surface area contributed by atoms with Crippen molar-refractivity contribution in [2.24, 2.45) is 0 Å². The minimum atomic E-state index is -2.38. The minimum absolute atomic E-state index is 0.429. The fourth-order valence-electron chi connectivity index (χ4n) is 1.53. The third kappa shape index (κ3) is 2.99. The summed E-state index contributed by atoms with van der Waals surface area (Å²) in [5, 5.41) is 2.62. The van der Waals surface area contributed by atoms with E-state index in [0.29, 0.717) is 11.5 Å². The predicted octanol–water partition coefficient (Wildman–Crippen LogP) is 3.34. The second kappa shape index (κ2) is 5.21. The van der Waals surface area contributed by atoms with E-state index in [1.54, 1.807) is 19.2 Å². The van der Waals surface area contributed by atoms with Crippen molar-refractivity contribution < 1.29 is 8.78 Å². The number of alkyl halides is 2. The van der Waals surface area contributed by atoms with Crippen LogP contribution >= 0.6 is 0 Å². The zero-order valence-electron chi connectivity index (χ0n) is 9.30. The summed E-state index contributed by atoms with van der Waals surface area (Å²) in [6.07, 6.45) is -2.38. The lowest BCUT2D eigenvalue weighted by molar-refractivity contribution is 0.102. The summed E-state index contributed by atoms with van der Waals surface area (Å²) in [5.74, 6) is 0.429. The molecular formula is C12H17F2N. The Morgan fingerprint density at radius 1 is 1.00 bits per heavy atom. The van der Waals surface area contributed by atoms with Gasteiger partial charge in [-0.1, -0.05) is 38.1 Å². The van der Waals surface area contributed by atoms with Crippen LogP contribution in [0.1, 0.15) is 36.9 Å². The Labute approximate surface area is 89.5 Å². The van der Waals surface area contributed by atoms with Crippen LogP contribution in [-0.4, -0.2) is 13.5 Å². The van der Waals surface area contributed by atoms with Gasteiger partial charge >= 0.3 is 0 Å². The molecule has 1 atom stereocenters. The maximum absolute atomic E-state index is 12.6. The summed E-state index contributed by atoms with van der Waals surface area (Å²) < 4.78 is 25.2. The second-order valence-electron chi connectivity index (χ2n) is 3.92. The molecule has 1 nitrogen and oxygen atoms in total. The molecule has 0 amide bonds. The molecule has 0 saturated carbocycles. The van der Waals surface area contributed by atoms with Crippen molar-refractivity contribution in [3.63, 3.8) is 0 Å². The van der Waals surface area contributed by atoms with Gasteiger partial charge in [0.15, 0.2) is 0 Å². The van der Waals surface area contributed by atoms with Crippen LogP contribution in [0.2, 0.25) is 0 Å². The third-order valence-corrected chi connectivity index (χ3v) is 2.53. The van der Waals surface area contributed by atoms with Gasteiger partial charge in [0.25, 0.3) is 6.43 Å². The van der Waals surface area contributed by atoms with E-state index in [9.17, 15) is 8.78 Å². The molecular weight excluding hydrogens is 196 g/mol. The largest absolute Gasteiger partial charge is 0.308 e. The molecule has 84 valence electrons. The highest BCUT2D eigenvalue weighted by atomic mass is 19.3. The van der Waals surface area contributed by atoms with Gasteiger partial charge in [-0.05, 0) is 24.1 Å². The maximum atomic E-state index is 12.6. The first-order valence-electron chi connectivity index (χ1n) is 5.11. The monoisotopic (exact) mass is 213 g/mol. The van der Waals surface area contributed by atoms with E-state index in [0.717, 1.165) is 0 Å². The molecule has 0 aliphatic carbocycles. The van der Waals surface area contributed by atoms with Crippen molar-refractivity contribution in [2.75, 3.05) is 7.05 Å². The summed E-state index contributed by atoms with van der Waals surface area (Å²) >= 11 is 0. The zero-order chi connectivity index (χ0) is 11.4. The molecule has 0 aliphatic rings. The van der Waals surface area contributed by atoms with E-state index in [4.69, 9.17) is 0 Å². The Morgan fingerprint density at radius 3 is 1.80 bits per heavy atom. The van der Waals surface area contributed by atoms with Gasteiger partial charge < -0.3 is 5.32 Å². The minimum Gasteiger partial charge on any atom is -0.308 e. The lowest BCUT2D eigenvalue weighted by atomic mass is 9.99. The molecule has 1 unspecified atom stereocenters. The molecule has 0 aliphatic heterocycles. The van der Waals surface area contributed by atoms with Crippen LogP contribution in [0.3, 0.4) is 0 Å². The highest BCUT2D eigenvalue weighted by Crippen LogP contribution is 2.22. The van der Waals surface area contributed by atoms with Gasteiger partial charge in [0.05, 0.1) is 6.04 Å². The van der Waals surface area contributed by atoms with Gasteiger partial charge in [-0.25, -0.2) is 8.78 Å². The van der Waals surface area contributed by atoms with Gasteiger partial charge in [-0.3, -0.25) is 0 Å².